The number of carbonyl (C=O) groups excluding carboxylic acids is 2. The minimum atomic E-state index is -1.11. The van der Waals surface area contributed by atoms with E-state index in [-0.39, 0.29) is 22.9 Å². The van der Waals surface area contributed by atoms with E-state index in [0.29, 0.717) is 12.2 Å². The van der Waals surface area contributed by atoms with Crippen LogP contribution in [0.2, 0.25) is 0 Å². The van der Waals surface area contributed by atoms with Crippen LogP contribution >= 0.6 is 24.4 Å². The van der Waals surface area contributed by atoms with Crippen molar-refractivity contribution in [1.29, 1.82) is 0 Å². The minimum absolute atomic E-state index is 0.157. The monoisotopic (exact) mass is 474 g/mol. The molecule has 0 heterocycles. The molecule has 0 spiro atoms. The summed E-state index contributed by atoms with van der Waals surface area (Å²) < 4.78 is 5.30. The number of thioether (sulfide) groups is 1. The summed E-state index contributed by atoms with van der Waals surface area (Å²) in [6.45, 7) is 5.31. The summed E-state index contributed by atoms with van der Waals surface area (Å²) in [4.78, 5) is 36.7. The summed E-state index contributed by atoms with van der Waals surface area (Å²) >= 11 is 4.91. The Morgan fingerprint density at radius 1 is 1.23 bits per heavy atom. The molecule has 0 saturated carbocycles. The molecule has 2 N–H and O–H groups in total. The second kappa shape index (κ2) is 12.5. The Bertz CT molecular complexity index is 708. The molecule has 4 atom stereocenters. The van der Waals surface area contributed by atoms with Crippen LogP contribution < -0.4 is 5.32 Å². The van der Waals surface area contributed by atoms with Crippen molar-refractivity contribution in [1.82, 2.24) is 5.32 Å². The normalized spacial score (nSPS) is 15.5. The molecule has 168 valence electrons. The quantitative estimate of drug-likeness (QED) is 0.337. The van der Waals surface area contributed by atoms with Gasteiger partial charge in [-0.05, 0) is 39.0 Å². The molecule has 3 unspecified atom stereocenters. The second-order valence-electron chi connectivity index (χ2n) is 7.99. The van der Waals surface area contributed by atoms with E-state index in [1.165, 1.54) is 11.8 Å². The molecule has 0 aliphatic heterocycles. The molecule has 9 heteroatoms. The standard InChI is InChI=1S/C21H31NO5S3/c1-21(2,3)20(26)27-30(5)17(29-4)12-16(19(24)25)22-18(23)15(13-28)11-14-9-7-6-8-10-14/h6-10,15-17H,11-13H2,1-5H3,(H2-,22,23,24,25,28)/p+1/t15?,16-,17?,30?/m0/s1. The van der Waals surface area contributed by atoms with Crippen LogP contribution in [0.25, 0.3) is 0 Å². The average molecular weight is 475 g/mol. The highest BCUT2D eigenvalue weighted by Crippen LogP contribution is 2.26. The molecular weight excluding hydrogens is 442 g/mol. The van der Waals surface area contributed by atoms with Gasteiger partial charge in [0.1, 0.15) is 12.3 Å². The van der Waals surface area contributed by atoms with Crippen LogP contribution in [0.5, 0.6) is 0 Å². The van der Waals surface area contributed by atoms with Crippen LogP contribution in [0.15, 0.2) is 30.3 Å². The summed E-state index contributed by atoms with van der Waals surface area (Å²) in [5, 5.41) is 12.3. The molecule has 1 aromatic carbocycles. The number of benzene rings is 1. The Morgan fingerprint density at radius 3 is 2.30 bits per heavy atom. The molecule has 0 aromatic heterocycles. The third-order valence-electron chi connectivity index (χ3n) is 4.41. The third-order valence-corrected chi connectivity index (χ3v) is 8.31. The summed E-state index contributed by atoms with van der Waals surface area (Å²) in [7, 11) is 0. The number of carbonyl (C=O) groups is 3. The molecular formula is C21H32NO5S3+. The van der Waals surface area contributed by atoms with E-state index in [1.807, 2.05) is 36.6 Å². The van der Waals surface area contributed by atoms with E-state index >= 15 is 0 Å². The minimum Gasteiger partial charge on any atom is -0.480 e. The number of aliphatic carboxylic acids is 1. The number of hydrogen-bond donors (Lipinski definition) is 3. The van der Waals surface area contributed by atoms with Crippen molar-refractivity contribution >= 4 is 53.4 Å². The Morgan fingerprint density at radius 2 is 1.83 bits per heavy atom. The van der Waals surface area contributed by atoms with Crippen molar-refractivity contribution in [2.45, 2.75) is 44.2 Å². The first-order valence-electron chi connectivity index (χ1n) is 9.57. The van der Waals surface area contributed by atoms with Crippen molar-refractivity contribution in [3.05, 3.63) is 35.9 Å². The first-order valence-corrected chi connectivity index (χ1v) is 13.1. The van der Waals surface area contributed by atoms with E-state index in [1.54, 1.807) is 27.0 Å². The van der Waals surface area contributed by atoms with Crippen LogP contribution in [0.3, 0.4) is 0 Å². The molecule has 0 bridgehead atoms. The van der Waals surface area contributed by atoms with Gasteiger partial charge in [-0.1, -0.05) is 30.3 Å². The van der Waals surface area contributed by atoms with Gasteiger partial charge < -0.3 is 10.4 Å². The molecule has 0 aliphatic rings. The molecule has 0 fully saturated rings. The Labute approximate surface area is 191 Å². The van der Waals surface area contributed by atoms with Gasteiger partial charge in [0.25, 0.3) is 0 Å². The number of amides is 1. The number of nitrogens with one attached hydrogen (secondary N) is 1. The molecule has 1 aromatic rings. The predicted molar refractivity (Wildman–Crippen MR) is 128 cm³/mol. The van der Waals surface area contributed by atoms with Gasteiger partial charge in [0, 0.05) is 12.2 Å². The van der Waals surface area contributed by atoms with Crippen LogP contribution in [0.4, 0.5) is 0 Å². The van der Waals surface area contributed by atoms with E-state index in [2.05, 4.69) is 17.9 Å². The fourth-order valence-electron chi connectivity index (χ4n) is 2.51. The number of carboxylic acid groups (broad SMARTS) is 1. The van der Waals surface area contributed by atoms with E-state index < -0.39 is 34.5 Å². The van der Waals surface area contributed by atoms with Gasteiger partial charge in [0.2, 0.25) is 21.7 Å². The van der Waals surface area contributed by atoms with Gasteiger partial charge in [0.05, 0.1) is 11.3 Å². The zero-order valence-corrected chi connectivity index (χ0v) is 20.6. The van der Waals surface area contributed by atoms with Gasteiger partial charge in [0.15, 0.2) is 0 Å². The zero-order valence-electron chi connectivity index (χ0n) is 18.1. The van der Waals surface area contributed by atoms with Crippen molar-refractivity contribution in [2.75, 3.05) is 18.3 Å². The summed E-state index contributed by atoms with van der Waals surface area (Å²) in [6.07, 6.45) is 4.25. The maximum Gasteiger partial charge on any atom is 0.369 e. The number of thiol groups is 1. The second-order valence-corrected chi connectivity index (χ2v) is 11.4. The highest BCUT2D eigenvalue weighted by Gasteiger charge is 2.39. The Balaban J connectivity index is 2.80. The van der Waals surface area contributed by atoms with Crippen LogP contribution in [0.1, 0.15) is 32.8 Å². The number of hydrogen-bond acceptors (Lipinski definition) is 6. The lowest BCUT2D eigenvalue weighted by molar-refractivity contribution is -0.142. The van der Waals surface area contributed by atoms with Crippen molar-refractivity contribution in [3.8, 4) is 0 Å². The lowest BCUT2D eigenvalue weighted by atomic mass is 9.98. The molecule has 1 amide bonds. The van der Waals surface area contributed by atoms with Crippen molar-refractivity contribution in [2.24, 2.45) is 11.3 Å². The van der Waals surface area contributed by atoms with Gasteiger partial charge in [-0.3, -0.25) is 4.79 Å². The third kappa shape index (κ3) is 8.81. The molecule has 1 rings (SSSR count). The first kappa shape index (κ1) is 26.7. The SMILES string of the molecule is CSC(C[C@H](NC(=O)C(CS)Cc1ccccc1)C(=O)O)[S+](C)OC(=O)C(C)(C)C. The van der Waals surface area contributed by atoms with Crippen LogP contribution in [-0.2, 0) is 36.2 Å². The first-order chi connectivity index (χ1) is 14.0. The van der Waals surface area contributed by atoms with Gasteiger partial charge in [-0.2, -0.15) is 12.6 Å². The smallest absolute Gasteiger partial charge is 0.369 e. The average Bonchev–Trinajstić information content (AvgIpc) is 2.68. The molecule has 0 radical (unpaired) electrons. The largest absolute Gasteiger partial charge is 0.480 e. The van der Waals surface area contributed by atoms with Crippen molar-refractivity contribution < 1.29 is 23.7 Å². The molecule has 6 nitrogen and oxygen atoms in total. The van der Waals surface area contributed by atoms with E-state index in [9.17, 15) is 19.5 Å². The highest BCUT2D eigenvalue weighted by atomic mass is 32.3. The lowest BCUT2D eigenvalue weighted by Crippen LogP contribution is -2.47. The van der Waals surface area contributed by atoms with Crippen LogP contribution in [-0.4, -0.2) is 51.8 Å². The Kier molecular flexibility index (Phi) is 11.1. The van der Waals surface area contributed by atoms with Crippen LogP contribution in [0, 0.1) is 11.3 Å². The van der Waals surface area contributed by atoms with E-state index in [0.717, 1.165) is 5.56 Å². The topological polar surface area (TPSA) is 92.7 Å². The maximum absolute atomic E-state index is 12.7. The zero-order chi connectivity index (χ0) is 22.9. The van der Waals surface area contributed by atoms with Gasteiger partial charge in [-0.25, -0.2) is 13.8 Å². The lowest BCUT2D eigenvalue weighted by Gasteiger charge is -2.22. The number of rotatable bonds is 11. The molecule has 30 heavy (non-hydrogen) atoms. The fraction of sp³-hybridized carbons (Fsp3) is 0.571. The number of carboxylic acids is 1. The Hall–Kier alpha value is -1.32. The van der Waals surface area contributed by atoms with Crippen molar-refractivity contribution in [3.63, 3.8) is 0 Å². The van der Waals surface area contributed by atoms with E-state index in [4.69, 9.17) is 4.18 Å². The summed E-state index contributed by atoms with van der Waals surface area (Å²) in [5.74, 6) is -1.92. The summed E-state index contributed by atoms with van der Waals surface area (Å²) in [6, 6.07) is 8.47. The van der Waals surface area contributed by atoms with Gasteiger partial charge in [-0.15, -0.1) is 11.8 Å². The maximum atomic E-state index is 12.7. The summed E-state index contributed by atoms with van der Waals surface area (Å²) in [5.41, 5.74) is 0.353. The predicted octanol–water partition coefficient (Wildman–Crippen LogP) is 3.18. The highest BCUT2D eigenvalue weighted by molar-refractivity contribution is 8.13. The van der Waals surface area contributed by atoms with Gasteiger partial charge >= 0.3 is 11.9 Å². The molecule has 0 saturated heterocycles. The fourth-order valence-corrected chi connectivity index (χ4v) is 5.45. The molecule has 0 aliphatic carbocycles.